The zero-order valence-corrected chi connectivity index (χ0v) is 29.1. The summed E-state index contributed by atoms with van der Waals surface area (Å²) >= 11 is 0. The van der Waals surface area contributed by atoms with Crippen LogP contribution in [-0.4, -0.2) is 77.7 Å². The molecule has 262 valence electrons. The van der Waals surface area contributed by atoms with Crippen molar-refractivity contribution in [2.24, 2.45) is 35.0 Å². The fraction of sp³-hybridized carbons (Fsp3) is 0.703. The van der Waals surface area contributed by atoms with E-state index in [4.69, 9.17) is 14.2 Å². The third-order valence-electron chi connectivity index (χ3n) is 11.5. The molecule has 48 heavy (non-hydrogen) atoms. The van der Waals surface area contributed by atoms with E-state index >= 15 is 0 Å². The zero-order chi connectivity index (χ0) is 34.2. The summed E-state index contributed by atoms with van der Waals surface area (Å²) in [7, 11) is 1.59. The second-order valence-electron chi connectivity index (χ2n) is 15.2. The summed E-state index contributed by atoms with van der Waals surface area (Å²) in [6.45, 7) is 9.03. The molecule has 0 bridgehead atoms. The maximum absolute atomic E-state index is 14.1. The minimum absolute atomic E-state index is 0.0819. The number of unbranched alkanes of at least 4 members (excludes halogenated alkanes) is 2. The van der Waals surface area contributed by atoms with Crippen LogP contribution in [0.15, 0.2) is 23.0 Å². The van der Waals surface area contributed by atoms with Crippen LogP contribution in [0, 0.1) is 35.0 Å². The lowest BCUT2D eigenvalue weighted by Gasteiger charge is -2.45. The van der Waals surface area contributed by atoms with Gasteiger partial charge >= 0.3 is 6.09 Å². The molecular weight excluding hydrogens is 612 g/mol. The highest BCUT2D eigenvalue weighted by Crippen LogP contribution is 2.57. The molecule has 2 amide bonds. The molecular formula is C37H52N4O7. The molecule has 0 spiro atoms. The number of benzene rings is 1. The van der Waals surface area contributed by atoms with Crippen LogP contribution < -0.4 is 15.6 Å². The number of ether oxygens (including phenoxy) is 3. The first-order valence-corrected chi connectivity index (χ1v) is 18.0. The lowest BCUT2D eigenvalue weighted by Crippen LogP contribution is -2.64. The predicted octanol–water partition coefficient (Wildman–Crippen LogP) is 5.04. The summed E-state index contributed by atoms with van der Waals surface area (Å²) in [6, 6.07) is 4.19. The fourth-order valence-electron chi connectivity index (χ4n) is 8.44. The highest BCUT2D eigenvalue weighted by molar-refractivity contribution is 5.94. The number of aryl methyl sites for hydroxylation is 1. The number of carbonyl (C=O) groups excluding carboxylic acids is 3. The Morgan fingerprint density at radius 1 is 1.17 bits per heavy atom. The average molecular weight is 665 g/mol. The van der Waals surface area contributed by atoms with Gasteiger partial charge in [-0.25, -0.2) is 9.78 Å². The van der Waals surface area contributed by atoms with E-state index in [9.17, 15) is 19.2 Å². The van der Waals surface area contributed by atoms with Crippen molar-refractivity contribution in [1.29, 1.82) is 0 Å². The number of H-pyrrole nitrogens is 1. The van der Waals surface area contributed by atoms with E-state index in [1.165, 1.54) is 6.42 Å². The second-order valence-corrected chi connectivity index (χ2v) is 15.2. The molecule has 2 aliphatic carbocycles. The molecule has 2 saturated carbocycles. The van der Waals surface area contributed by atoms with Crippen LogP contribution in [0.25, 0.3) is 11.0 Å². The summed E-state index contributed by atoms with van der Waals surface area (Å²) in [6.07, 6.45) is 7.26. The van der Waals surface area contributed by atoms with Gasteiger partial charge in [-0.05, 0) is 74.3 Å². The van der Waals surface area contributed by atoms with Crippen molar-refractivity contribution in [2.45, 2.75) is 104 Å². The maximum Gasteiger partial charge on any atom is 0.408 e. The summed E-state index contributed by atoms with van der Waals surface area (Å²) in [5.74, 6) is 1.97. The molecule has 2 saturated heterocycles. The van der Waals surface area contributed by atoms with E-state index in [2.05, 4.69) is 22.2 Å². The molecule has 11 nitrogen and oxygen atoms in total. The van der Waals surface area contributed by atoms with Crippen LogP contribution >= 0.6 is 0 Å². The van der Waals surface area contributed by atoms with Gasteiger partial charge in [-0.1, -0.05) is 47.0 Å². The van der Waals surface area contributed by atoms with Crippen LogP contribution in [0.3, 0.4) is 0 Å². The minimum Gasteiger partial charge on any atom is -0.497 e. The Morgan fingerprint density at radius 3 is 2.65 bits per heavy atom. The SMILES string of the molecule is CCC1CCN(C(=O)C(NC(=O)OC2CC3CC3C2CCCCCc2nc3ccc(OC)cc3[nH]c2=O)C2(C)COC2)C1C(=O)C(C)C. The Morgan fingerprint density at radius 2 is 1.96 bits per heavy atom. The van der Waals surface area contributed by atoms with Crippen molar-refractivity contribution in [1.82, 2.24) is 20.2 Å². The Hall–Kier alpha value is -3.47. The average Bonchev–Trinajstić information content (AvgIpc) is 3.54. The number of methoxy groups -OCH3 is 1. The number of ketones is 1. The number of aromatic amines is 1. The number of rotatable bonds is 14. The molecule has 1 aromatic heterocycles. The first kappa shape index (κ1) is 34.4. The number of carbonyl (C=O) groups is 3. The van der Waals surface area contributed by atoms with Gasteiger partial charge in [-0.15, -0.1) is 0 Å². The van der Waals surface area contributed by atoms with E-state index < -0.39 is 23.6 Å². The molecule has 3 heterocycles. The summed E-state index contributed by atoms with van der Waals surface area (Å²) in [5.41, 5.74) is 1.23. The van der Waals surface area contributed by atoms with Crippen LogP contribution in [0.2, 0.25) is 0 Å². The number of amides is 2. The predicted molar refractivity (Wildman–Crippen MR) is 181 cm³/mol. The highest BCUT2D eigenvalue weighted by atomic mass is 16.6. The third kappa shape index (κ3) is 6.98. The number of nitrogens with zero attached hydrogens (tertiary/aromatic N) is 2. The van der Waals surface area contributed by atoms with Gasteiger partial charge in [-0.3, -0.25) is 14.4 Å². The Balaban J connectivity index is 1.03. The van der Waals surface area contributed by atoms with Crippen LogP contribution in [0.5, 0.6) is 5.75 Å². The van der Waals surface area contributed by atoms with E-state index in [0.29, 0.717) is 60.9 Å². The Kier molecular flexibility index (Phi) is 10.2. The Labute approximate surface area is 282 Å². The maximum atomic E-state index is 14.1. The number of hydrogen-bond acceptors (Lipinski definition) is 8. The number of fused-ring (bicyclic) bond motifs is 2. The van der Waals surface area contributed by atoms with E-state index in [1.807, 2.05) is 32.9 Å². The van der Waals surface area contributed by atoms with E-state index in [-0.39, 0.29) is 35.2 Å². The van der Waals surface area contributed by atoms with Gasteiger partial charge in [0, 0.05) is 23.9 Å². The number of Topliss-reactive ketones (excluding diaryl/α,β-unsaturated/α-hetero) is 1. The fourth-order valence-corrected chi connectivity index (χ4v) is 8.44. The summed E-state index contributed by atoms with van der Waals surface area (Å²) < 4.78 is 16.8. The van der Waals surface area contributed by atoms with Gasteiger partial charge in [0.15, 0.2) is 5.78 Å². The molecule has 6 rings (SSSR count). The third-order valence-corrected chi connectivity index (χ3v) is 11.5. The number of nitrogens with one attached hydrogen (secondary N) is 2. The molecule has 2 aromatic rings. The smallest absolute Gasteiger partial charge is 0.408 e. The molecule has 11 heteroatoms. The first-order chi connectivity index (χ1) is 23.0. The van der Waals surface area contributed by atoms with E-state index in [0.717, 1.165) is 50.5 Å². The minimum atomic E-state index is -0.819. The molecule has 2 N–H and O–H groups in total. The largest absolute Gasteiger partial charge is 0.497 e. The van der Waals surface area contributed by atoms with Gasteiger partial charge < -0.3 is 29.4 Å². The van der Waals surface area contributed by atoms with Crippen molar-refractivity contribution >= 4 is 28.8 Å². The van der Waals surface area contributed by atoms with Crippen LogP contribution in [0.4, 0.5) is 4.79 Å². The second kappa shape index (κ2) is 14.2. The van der Waals surface area contributed by atoms with Crippen molar-refractivity contribution < 1.29 is 28.6 Å². The van der Waals surface area contributed by atoms with Crippen molar-refractivity contribution in [3.05, 3.63) is 34.2 Å². The molecule has 0 radical (unpaired) electrons. The Bertz CT molecular complexity index is 1570. The number of hydrogen-bond donors (Lipinski definition) is 2. The number of likely N-dealkylation sites (tertiary alicyclic amines) is 1. The quantitative estimate of drug-likeness (QED) is 0.268. The molecule has 4 aliphatic rings. The molecule has 7 unspecified atom stereocenters. The van der Waals surface area contributed by atoms with Gasteiger partial charge in [0.25, 0.3) is 5.56 Å². The molecule has 1 aromatic carbocycles. The monoisotopic (exact) mass is 664 g/mol. The lowest BCUT2D eigenvalue weighted by atomic mass is 9.79. The molecule has 7 atom stereocenters. The van der Waals surface area contributed by atoms with Crippen LogP contribution in [-0.2, 0) is 25.5 Å². The zero-order valence-electron chi connectivity index (χ0n) is 29.1. The highest BCUT2D eigenvalue weighted by Gasteiger charge is 2.55. The molecule has 4 fully saturated rings. The van der Waals surface area contributed by atoms with Crippen molar-refractivity contribution in [3.8, 4) is 5.75 Å². The van der Waals surface area contributed by atoms with Gasteiger partial charge in [0.1, 0.15) is 23.6 Å². The molecule has 2 aliphatic heterocycles. The standard InChI is InChI=1S/C37H52N4O7/c1-6-22-14-15-41(31(22)32(42)21(2)3)35(44)33(37(4)19-47-20-37)40-36(45)48-30-17-23-16-26(23)25(30)10-8-7-9-11-28-34(43)39-29-18-24(46-5)12-13-27(29)38-28/h12-13,18,21-23,25-26,30-31,33H,6-11,14-17,19-20H2,1-5H3,(H,39,43)(H,40,45). The van der Waals surface area contributed by atoms with Crippen LogP contribution in [0.1, 0.15) is 84.8 Å². The van der Waals surface area contributed by atoms with Gasteiger partial charge in [0.05, 0.1) is 37.4 Å². The van der Waals surface area contributed by atoms with E-state index in [1.54, 1.807) is 18.1 Å². The first-order valence-electron chi connectivity index (χ1n) is 18.0. The summed E-state index contributed by atoms with van der Waals surface area (Å²) in [5, 5.41) is 2.96. The lowest BCUT2D eigenvalue weighted by molar-refractivity contribution is -0.158. The van der Waals surface area contributed by atoms with Gasteiger partial charge in [-0.2, -0.15) is 0 Å². The topological polar surface area (TPSA) is 140 Å². The van der Waals surface area contributed by atoms with Gasteiger partial charge in [0.2, 0.25) is 5.91 Å². The summed E-state index contributed by atoms with van der Waals surface area (Å²) in [4.78, 5) is 62.7. The number of alkyl carbamates (subject to hydrolysis) is 1. The number of aromatic nitrogens is 2. The van der Waals surface area contributed by atoms with Crippen molar-refractivity contribution in [2.75, 3.05) is 26.9 Å². The van der Waals surface area contributed by atoms with Crippen molar-refractivity contribution in [3.63, 3.8) is 0 Å². The normalized spacial score (nSPS) is 27.8.